The second-order valence-corrected chi connectivity index (χ2v) is 2.76. The van der Waals surface area contributed by atoms with Gasteiger partial charge in [0.15, 0.2) is 0 Å². The Kier molecular flexibility index (Phi) is 1.38. The van der Waals surface area contributed by atoms with Crippen LogP contribution in [0.2, 0.25) is 0 Å². The lowest BCUT2D eigenvalue weighted by Gasteiger charge is -2.27. The van der Waals surface area contributed by atoms with E-state index in [9.17, 15) is 0 Å². The number of allylic oxidation sites excluding steroid dienone is 1. The van der Waals surface area contributed by atoms with Gasteiger partial charge in [-0.15, -0.1) is 0 Å². The Morgan fingerprint density at radius 1 is 1.50 bits per heavy atom. The summed E-state index contributed by atoms with van der Waals surface area (Å²) >= 11 is 0. The molecular weight excluding hydrogens is 126 g/mol. The zero-order valence-corrected chi connectivity index (χ0v) is 5.84. The van der Waals surface area contributed by atoms with E-state index in [0.29, 0.717) is 5.92 Å². The van der Waals surface area contributed by atoms with Crippen LogP contribution in [-0.4, -0.2) is 0 Å². The predicted octanol–water partition coefficient (Wildman–Crippen LogP) is 1.72. The van der Waals surface area contributed by atoms with Gasteiger partial charge in [-0.1, -0.05) is 6.42 Å². The fraction of sp³-hybridized carbons (Fsp3) is 0.500. The first kappa shape index (κ1) is 5.83. The van der Waals surface area contributed by atoms with Gasteiger partial charge < -0.3 is 10.1 Å². The second-order valence-electron chi connectivity index (χ2n) is 2.76. The summed E-state index contributed by atoms with van der Waals surface area (Å²) in [5.41, 5.74) is 0. The van der Waals surface area contributed by atoms with Gasteiger partial charge >= 0.3 is 0 Å². The van der Waals surface area contributed by atoms with E-state index in [0.717, 1.165) is 5.76 Å². The highest BCUT2D eigenvalue weighted by Gasteiger charge is 2.23. The van der Waals surface area contributed by atoms with Crippen LogP contribution < -0.4 is 5.32 Å². The minimum atomic E-state index is 0.692. The van der Waals surface area contributed by atoms with E-state index in [4.69, 9.17) is 4.74 Å². The summed E-state index contributed by atoms with van der Waals surface area (Å²) in [4.78, 5) is 0. The summed E-state index contributed by atoms with van der Waals surface area (Å²) in [6, 6.07) is 0. The Morgan fingerprint density at radius 2 is 2.40 bits per heavy atom. The van der Waals surface area contributed by atoms with Gasteiger partial charge in [-0.25, -0.2) is 0 Å². The highest BCUT2D eigenvalue weighted by Crippen LogP contribution is 2.33. The fourth-order valence-electron chi connectivity index (χ4n) is 1.22. The zero-order valence-electron chi connectivity index (χ0n) is 5.84. The Morgan fingerprint density at radius 3 is 2.90 bits per heavy atom. The van der Waals surface area contributed by atoms with E-state index >= 15 is 0 Å². The van der Waals surface area contributed by atoms with Gasteiger partial charge in [0.25, 0.3) is 0 Å². The summed E-state index contributed by atoms with van der Waals surface area (Å²) in [5.74, 6) is 1.80. The van der Waals surface area contributed by atoms with E-state index < -0.39 is 0 Å². The highest BCUT2D eigenvalue weighted by molar-refractivity contribution is 5.07. The van der Waals surface area contributed by atoms with Gasteiger partial charge in [0.05, 0.1) is 0 Å². The molecular formula is C8H11NO. The molecule has 1 N–H and O–H groups in total. The lowest BCUT2D eigenvalue weighted by Crippen LogP contribution is -2.18. The van der Waals surface area contributed by atoms with Crippen molar-refractivity contribution in [2.24, 2.45) is 5.92 Å². The zero-order chi connectivity index (χ0) is 6.81. The van der Waals surface area contributed by atoms with Crippen molar-refractivity contribution in [2.45, 2.75) is 19.3 Å². The quantitative estimate of drug-likeness (QED) is 0.594. The molecule has 0 atom stereocenters. The first-order valence-corrected chi connectivity index (χ1v) is 3.74. The van der Waals surface area contributed by atoms with Crippen molar-refractivity contribution in [1.82, 2.24) is 5.32 Å². The lowest BCUT2D eigenvalue weighted by molar-refractivity contribution is 0.217. The Bertz CT molecular complexity index is 180. The SMILES string of the molecule is C1=COC(C2CCC2)=CN1. The van der Waals surface area contributed by atoms with Crippen LogP contribution in [0.3, 0.4) is 0 Å². The largest absolute Gasteiger partial charge is 0.466 e. The average Bonchev–Trinajstić information content (AvgIpc) is 1.86. The summed E-state index contributed by atoms with van der Waals surface area (Å²) in [6.07, 6.45) is 9.39. The third-order valence-electron chi connectivity index (χ3n) is 2.10. The van der Waals surface area contributed by atoms with Crippen molar-refractivity contribution in [3.63, 3.8) is 0 Å². The van der Waals surface area contributed by atoms with E-state index in [1.54, 1.807) is 12.5 Å². The molecule has 2 aliphatic rings. The standard InChI is InChI=1S/C8H11NO/c1-2-7(3-1)8-6-9-4-5-10-8/h4-7,9H,1-3H2. The molecule has 0 amide bonds. The first-order chi connectivity index (χ1) is 4.97. The van der Waals surface area contributed by atoms with E-state index in [-0.39, 0.29) is 0 Å². The topological polar surface area (TPSA) is 21.3 Å². The minimum Gasteiger partial charge on any atom is -0.466 e. The molecule has 10 heavy (non-hydrogen) atoms. The molecule has 2 nitrogen and oxygen atoms in total. The van der Waals surface area contributed by atoms with Gasteiger partial charge in [0.1, 0.15) is 12.0 Å². The number of rotatable bonds is 1. The van der Waals surface area contributed by atoms with Crippen LogP contribution in [0.25, 0.3) is 0 Å². The molecule has 0 unspecified atom stereocenters. The molecule has 0 spiro atoms. The number of hydrogen-bond donors (Lipinski definition) is 1. The predicted molar refractivity (Wildman–Crippen MR) is 38.8 cm³/mol. The maximum Gasteiger partial charge on any atom is 0.122 e. The molecule has 0 bridgehead atoms. The molecule has 1 aliphatic heterocycles. The molecule has 0 radical (unpaired) electrons. The first-order valence-electron chi connectivity index (χ1n) is 3.74. The molecule has 1 heterocycles. The minimum absolute atomic E-state index is 0.692. The lowest BCUT2D eigenvalue weighted by atomic mass is 9.84. The van der Waals surface area contributed by atoms with Crippen LogP contribution in [0.5, 0.6) is 0 Å². The van der Waals surface area contributed by atoms with Crippen molar-refractivity contribution >= 4 is 0 Å². The summed E-state index contributed by atoms with van der Waals surface area (Å²) in [5, 5.41) is 3.02. The van der Waals surface area contributed by atoms with Crippen LogP contribution in [0.4, 0.5) is 0 Å². The molecule has 0 aromatic heterocycles. The third kappa shape index (κ3) is 0.897. The van der Waals surface area contributed by atoms with Gasteiger partial charge in [-0.2, -0.15) is 0 Å². The molecule has 0 saturated heterocycles. The van der Waals surface area contributed by atoms with Gasteiger partial charge in [0.2, 0.25) is 0 Å². The molecule has 2 rings (SSSR count). The van der Waals surface area contributed by atoms with Crippen LogP contribution in [0, 0.1) is 5.92 Å². The van der Waals surface area contributed by atoms with E-state index in [1.165, 1.54) is 19.3 Å². The van der Waals surface area contributed by atoms with Gasteiger partial charge in [-0.3, -0.25) is 0 Å². The Labute approximate surface area is 60.6 Å². The number of nitrogens with one attached hydrogen (secondary N) is 1. The smallest absolute Gasteiger partial charge is 0.122 e. The Hall–Kier alpha value is -0.920. The monoisotopic (exact) mass is 137 g/mol. The van der Waals surface area contributed by atoms with Gasteiger partial charge in [0, 0.05) is 18.3 Å². The van der Waals surface area contributed by atoms with Crippen molar-refractivity contribution in [3.8, 4) is 0 Å². The normalized spacial score (nSPS) is 24.2. The summed E-state index contributed by atoms with van der Waals surface area (Å²) in [7, 11) is 0. The molecule has 2 heteroatoms. The molecule has 1 fully saturated rings. The van der Waals surface area contributed by atoms with Crippen molar-refractivity contribution in [1.29, 1.82) is 0 Å². The molecule has 0 aromatic carbocycles. The van der Waals surface area contributed by atoms with Gasteiger partial charge in [-0.05, 0) is 12.8 Å². The fourth-order valence-corrected chi connectivity index (χ4v) is 1.22. The molecule has 1 saturated carbocycles. The van der Waals surface area contributed by atoms with Crippen LogP contribution in [-0.2, 0) is 4.74 Å². The maximum atomic E-state index is 5.30. The Balaban J connectivity index is 1.96. The second kappa shape index (κ2) is 2.37. The van der Waals surface area contributed by atoms with Crippen molar-refractivity contribution < 1.29 is 4.74 Å². The molecule has 0 aromatic rings. The van der Waals surface area contributed by atoms with Crippen molar-refractivity contribution in [3.05, 3.63) is 24.4 Å². The number of ether oxygens (including phenoxy) is 1. The van der Waals surface area contributed by atoms with Crippen LogP contribution in [0.15, 0.2) is 24.4 Å². The van der Waals surface area contributed by atoms with Crippen molar-refractivity contribution in [2.75, 3.05) is 0 Å². The number of hydrogen-bond acceptors (Lipinski definition) is 2. The van der Waals surface area contributed by atoms with E-state index in [2.05, 4.69) is 5.32 Å². The van der Waals surface area contributed by atoms with E-state index in [1.807, 2.05) is 6.20 Å². The highest BCUT2D eigenvalue weighted by atomic mass is 16.5. The molecule has 54 valence electrons. The van der Waals surface area contributed by atoms with Crippen LogP contribution in [0.1, 0.15) is 19.3 Å². The summed E-state index contributed by atoms with van der Waals surface area (Å²) in [6.45, 7) is 0. The third-order valence-corrected chi connectivity index (χ3v) is 2.10. The van der Waals surface area contributed by atoms with Crippen LogP contribution >= 0.6 is 0 Å². The molecule has 1 aliphatic carbocycles. The maximum absolute atomic E-state index is 5.30. The average molecular weight is 137 g/mol. The summed E-state index contributed by atoms with van der Waals surface area (Å²) < 4.78 is 5.30.